The molecule has 5 nitrogen and oxygen atoms in total. The maximum absolute atomic E-state index is 12.0. The highest BCUT2D eigenvalue weighted by atomic mass is 16.1. The number of nitrogens with two attached hydrogens (primary N) is 1. The Hall–Kier alpha value is -1.36. The van der Waals surface area contributed by atoms with Crippen LogP contribution in [0.4, 0.5) is 5.82 Å². The Morgan fingerprint density at radius 2 is 2.35 bits per heavy atom. The highest BCUT2D eigenvalue weighted by Gasteiger charge is 2.27. The fourth-order valence-corrected chi connectivity index (χ4v) is 2.10. The molecule has 0 saturated heterocycles. The Kier molecular flexibility index (Phi) is 3.78. The molecule has 1 fully saturated rings. The third-order valence-electron chi connectivity index (χ3n) is 3.39. The average molecular weight is 236 g/mol. The van der Waals surface area contributed by atoms with Gasteiger partial charge in [0.05, 0.1) is 0 Å². The molecule has 1 aliphatic rings. The van der Waals surface area contributed by atoms with Gasteiger partial charge in [-0.25, -0.2) is 4.98 Å². The lowest BCUT2D eigenvalue weighted by Crippen LogP contribution is -2.45. The maximum Gasteiger partial charge on any atom is 0.293 e. The zero-order valence-electron chi connectivity index (χ0n) is 10.3. The number of anilines is 1. The number of rotatable bonds is 5. The van der Waals surface area contributed by atoms with Crippen LogP contribution < -0.4 is 16.2 Å². The molecule has 0 radical (unpaired) electrons. The van der Waals surface area contributed by atoms with E-state index in [-0.39, 0.29) is 5.56 Å². The van der Waals surface area contributed by atoms with Crippen LogP contribution in [-0.2, 0) is 7.05 Å². The fraction of sp³-hybridized carbons (Fsp3) is 0.667. The third-order valence-corrected chi connectivity index (χ3v) is 3.39. The van der Waals surface area contributed by atoms with Crippen molar-refractivity contribution in [2.75, 3.05) is 18.0 Å². The molecular weight excluding hydrogens is 216 g/mol. The lowest BCUT2D eigenvalue weighted by Gasteiger charge is -2.38. The number of aryl methyl sites for hydroxylation is 1. The molecule has 1 saturated carbocycles. The second-order valence-corrected chi connectivity index (χ2v) is 4.59. The van der Waals surface area contributed by atoms with E-state index in [0.29, 0.717) is 18.4 Å². The second kappa shape index (κ2) is 5.31. The first-order valence-electron chi connectivity index (χ1n) is 6.22. The van der Waals surface area contributed by atoms with Crippen LogP contribution in [0.25, 0.3) is 0 Å². The van der Waals surface area contributed by atoms with Crippen LogP contribution in [-0.4, -0.2) is 28.7 Å². The first kappa shape index (κ1) is 12.1. The SMILES string of the molecule is Cn1ccnc(N(CCCN)C2CCC2)c1=O. The van der Waals surface area contributed by atoms with Gasteiger partial charge in [0.2, 0.25) is 0 Å². The standard InChI is InChI=1S/C12H20N4O/c1-15-9-7-14-11(12(15)17)16(8-3-6-13)10-4-2-5-10/h7,9-10H,2-6,8,13H2,1H3. The normalized spacial score (nSPS) is 15.6. The summed E-state index contributed by atoms with van der Waals surface area (Å²) in [6, 6.07) is 0.476. The zero-order valence-corrected chi connectivity index (χ0v) is 10.3. The van der Waals surface area contributed by atoms with Crippen LogP contribution in [0, 0.1) is 0 Å². The van der Waals surface area contributed by atoms with Crippen molar-refractivity contribution in [2.24, 2.45) is 12.8 Å². The summed E-state index contributed by atoms with van der Waals surface area (Å²) >= 11 is 0. The summed E-state index contributed by atoms with van der Waals surface area (Å²) in [5, 5.41) is 0. The molecule has 1 aromatic heterocycles. The van der Waals surface area contributed by atoms with Crippen molar-refractivity contribution in [3.05, 3.63) is 22.7 Å². The minimum Gasteiger partial charge on any atom is -0.349 e. The van der Waals surface area contributed by atoms with E-state index in [4.69, 9.17) is 5.73 Å². The molecule has 1 aliphatic carbocycles. The summed E-state index contributed by atoms with van der Waals surface area (Å²) in [4.78, 5) is 18.4. The summed E-state index contributed by atoms with van der Waals surface area (Å²) in [6.07, 6.45) is 7.83. The molecule has 0 atom stereocenters. The fourth-order valence-electron chi connectivity index (χ4n) is 2.10. The minimum absolute atomic E-state index is 0.0172. The summed E-state index contributed by atoms with van der Waals surface area (Å²) in [6.45, 7) is 1.48. The predicted octanol–water partition coefficient (Wildman–Crippen LogP) is 0.488. The van der Waals surface area contributed by atoms with Crippen molar-refractivity contribution < 1.29 is 0 Å². The lowest BCUT2D eigenvalue weighted by atomic mass is 9.91. The van der Waals surface area contributed by atoms with Crippen molar-refractivity contribution in [3.63, 3.8) is 0 Å². The molecule has 0 aliphatic heterocycles. The van der Waals surface area contributed by atoms with Crippen molar-refractivity contribution in [3.8, 4) is 0 Å². The molecule has 0 aromatic carbocycles. The van der Waals surface area contributed by atoms with E-state index in [1.165, 1.54) is 6.42 Å². The van der Waals surface area contributed by atoms with Gasteiger partial charge in [-0.3, -0.25) is 4.79 Å². The second-order valence-electron chi connectivity index (χ2n) is 4.59. The highest BCUT2D eigenvalue weighted by molar-refractivity contribution is 5.37. The van der Waals surface area contributed by atoms with Crippen molar-refractivity contribution in [2.45, 2.75) is 31.7 Å². The molecule has 94 valence electrons. The van der Waals surface area contributed by atoms with E-state index in [9.17, 15) is 4.79 Å². The summed E-state index contributed by atoms with van der Waals surface area (Å²) in [5.74, 6) is 0.577. The predicted molar refractivity (Wildman–Crippen MR) is 68.1 cm³/mol. The van der Waals surface area contributed by atoms with Crippen LogP contribution in [0.5, 0.6) is 0 Å². The molecule has 2 rings (SSSR count). The zero-order chi connectivity index (χ0) is 12.3. The van der Waals surface area contributed by atoms with Gasteiger partial charge in [-0.15, -0.1) is 0 Å². The molecule has 0 unspecified atom stereocenters. The van der Waals surface area contributed by atoms with Gasteiger partial charge in [-0.2, -0.15) is 0 Å². The van der Waals surface area contributed by atoms with Crippen LogP contribution in [0.2, 0.25) is 0 Å². The molecule has 2 N–H and O–H groups in total. The van der Waals surface area contributed by atoms with Gasteiger partial charge in [0.25, 0.3) is 5.56 Å². The van der Waals surface area contributed by atoms with E-state index in [2.05, 4.69) is 9.88 Å². The number of hydrogen-bond donors (Lipinski definition) is 1. The number of nitrogens with zero attached hydrogens (tertiary/aromatic N) is 3. The molecule has 1 aromatic rings. The van der Waals surface area contributed by atoms with E-state index < -0.39 is 0 Å². The number of aromatic nitrogens is 2. The lowest BCUT2D eigenvalue weighted by molar-refractivity contribution is 0.381. The Labute approximate surface area is 101 Å². The Morgan fingerprint density at radius 3 is 2.94 bits per heavy atom. The molecule has 1 heterocycles. The summed E-state index contributed by atoms with van der Waals surface area (Å²) in [5.41, 5.74) is 5.53. The van der Waals surface area contributed by atoms with E-state index >= 15 is 0 Å². The van der Waals surface area contributed by atoms with E-state index in [1.54, 1.807) is 24.0 Å². The summed E-state index contributed by atoms with van der Waals surface area (Å²) in [7, 11) is 1.76. The van der Waals surface area contributed by atoms with Crippen LogP contribution in [0.1, 0.15) is 25.7 Å². The molecule has 5 heteroatoms. The first-order valence-corrected chi connectivity index (χ1v) is 6.22. The van der Waals surface area contributed by atoms with Crippen molar-refractivity contribution in [1.82, 2.24) is 9.55 Å². The van der Waals surface area contributed by atoms with Crippen LogP contribution in [0.3, 0.4) is 0 Å². The Morgan fingerprint density at radius 1 is 1.59 bits per heavy atom. The molecule has 17 heavy (non-hydrogen) atoms. The largest absolute Gasteiger partial charge is 0.349 e. The van der Waals surface area contributed by atoms with Crippen LogP contribution in [0.15, 0.2) is 17.2 Å². The van der Waals surface area contributed by atoms with Gasteiger partial charge < -0.3 is 15.2 Å². The third kappa shape index (κ3) is 2.49. The molecule has 0 spiro atoms. The smallest absolute Gasteiger partial charge is 0.293 e. The Bertz CT molecular complexity index is 425. The minimum atomic E-state index is -0.0172. The number of hydrogen-bond acceptors (Lipinski definition) is 4. The van der Waals surface area contributed by atoms with Gasteiger partial charge in [0.15, 0.2) is 5.82 Å². The van der Waals surface area contributed by atoms with Crippen LogP contribution >= 0.6 is 0 Å². The van der Waals surface area contributed by atoms with Crippen molar-refractivity contribution in [1.29, 1.82) is 0 Å². The van der Waals surface area contributed by atoms with Gasteiger partial charge >= 0.3 is 0 Å². The Balaban J connectivity index is 2.24. The van der Waals surface area contributed by atoms with Gasteiger partial charge in [-0.1, -0.05) is 0 Å². The first-order chi connectivity index (χ1) is 8.24. The van der Waals surface area contributed by atoms with Gasteiger partial charge in [0, 0.05) is 32.0 Å². The quantitative estimate of drug-likeness (QED) is 0.808. The monoisotopic (exact) mass is 236 g/mol. The molecular formula is C12H20N4O. The van der Waals surface area contributed by atoms with Crippen molar-refractivity contribution >= 4 is 5.82 Å². The average Bonchev–Trinajstić information content (AvgIpc) is 2.26. The maximum atomic E-state index is 12.0. The topological polar surface area (TPSA) is 64.2 Å². The summed E-state index contributed by atoms with van der Waals surface area (Å²) < 4.78 is 1.58. The van der Waals surface area contributed by atoms with Gasteiger partial charge in [-0.05, 0) is 32.2 Å². The molecule has 0 bridgehead atoms. The van der Waals surface area contributed by atoms with E-state index in [0.717, 1.165) is 25.8 Å². The molecule has 0 amide bonds. The van der Waals surface area contributed by atoms with Gasteiger partial charge in [0.1, 0.15) is 0 Å². The van der Waals surface area contributed by atoms with E-state index in [1.807, 2.05) is 0 Å². The highest BCUT2D eigenvalue weighted by Crippen LogP contribution is 2.26.